The van der Waals surface area contributed by atoms with Crippen LogP contribution in [0.15, 0.2) is 102 Å². The second-order valence-corrected chi connectivity index (χ2v) is 14.1. The number of carbonyl (C=O) groups excluding carboxylic acids is 2. The number of amides is 2. The number of sulfonamides is 1. The van der Waals surface area contributed by atoms with Gasteiger partial charge in [0.05, 0.1) is 10.6 Å². The van der Waals surface area contributed by atoms with E-state index in [1.807, 2.05) is 51.1 Å². The van der Waals surface area contributed by atoms with Crippen LogP contribution in [0.3, 0.4) is 0 Å². The van der Waals surface area contributed by atoms with Crippen LogP contribution in [0.25, 0.3) is 0 Å². The van der Waals surface area contributed by atoms with Crippen molar-refractivity contribution in [2.75, 3.05) is 10.8 Å². The summed E-state index contributed by atoms with van der Waals surface area (Å²) in [4.78, 5) is 29.6. The van der Waals surface area contributed by atoms with Crippen LogP contribution in [0.5, 0.6) is 0 Å². The molecule has 0 radical (unpaired) electrons. The molecule has 0 heterocycles. The maximum absolute atomic E-state index is 14.5. The highest BCUT2D eigenvalue weighted by Crippen LogP contribution is 2.31. The SMILES string of the molecule is Cc1ccc(S(=O)(=O)N(CC(=O)N(Cc2ccccc2Cl)C(Cc2ccccc2)C(=O)NC(C)C)c2cc(Cl)cc(Cl)c2)cc1. The van der Waals surface area contributed by atoms with Crippen LogP contribution in [-0.4, -0.2) is 43.8 Å². The highest BCUT2D eigenvalue weighted by molar-refractivity contribution is 7.92. The molecule has 0 aromatic heterocycles. The van der Waals surface area contributed by atoms with Crippen molar-refractivity contribution in [3.8, 4) is 0 Å². The lowest BCUT2D eigenvalue weighted by Crippen LogP contribution is -2.54. The van der Waals surface area contributed by atoms with E-state index in [0.717, 1.165) is 15.4 Å². The second-order valence-electron chi connectivity index (χ2n) is 10.9. The minimum absolute atomic E-state index is 0.0203. The van der Waals surface area contributed by atoms with Crippen molar-refractivity contribution in [2.45, 2.75) is 50.7 Å². The molecular weight excluding hydrogens is 653 g/mol. The van der Waals surface area contributed by atoms with Crippen molar-refractivity contribution in [3.63, 3.8) is 0 Å². The zero-order valence-corrected chi connectivity index (χ0v) is 28.2. The van der Waals surface area contributed by atoms with Crippen LogP contribution in [0, 0.1) is 6.92 Å². The van der Waals surface area contributed by atoms with Gasteiger partial charge in [-0.05, 0) is 68.3 Å². The van der Waals surface area contributed by atoms with Crippen molar-refractivity contribution in [3.05, 3.63) is 129 Å². The van der Waals surface area contributed by atoms with Gasteiger partial charge < -0.3 is 10.2 Å². The van der Waals surface area contributed by atoms with Gasteiger partial charge in [-0.2, -0.15) is 0 Å². The molecule has 0 fully saturated rings. The highest BCUT2D eigenvalue weighted by atomic mass is 35.5. The van der Waals surface area contributed by atoms with Gasteiger partial charge in [-0.1, -0.05) is 101 Å². The smallest absolute Gasteiger partial charge is 0.264 e. The molecule has 1 unspecified atom stereocenters. The first kappa shape index (κ1) is 34.3. The van der Waals surface area contributed by atoms with Crippen LogP contribution in [0.1, 0.15) is 30.5 Å². The maximum Gasteiger partial charge on any atom is 0.264 e. The first-order valence-electron chi connectivity index (χ1n) is 14.3. The summed E-state index contributed by atoms with van der Waals surface area (Å²) >= 11 is 19.1. The fourth-order valence-corrected chi connectivity index (χ4v) is 6.90. The summed E-state index contributed by atoms with van der Waals surface area (Å²) in [6, 6.07) is 25.8. The normalized spacial score (nSPS) is 12.1. The maximum atomic E-state index is 14.5. The van der Waals surface area contributed by atoms with Gasteiger partial charge in [0.25, 0.3) is 10.0 Å². The lowest BCUT2D eigenvalue weighted by atomic mass is 10.0. The van der Waals surface area contributed by atoms with E-state index >= 15 is 0 Å². The summed E-state index contributed by atoms with van der Waals surface area (Å²) in [7, 11) is -4.30. The Morgan fingerprint density at radius 3 is 2.02 bits per heavy atom. The Morgan fingerprint density at radius 1 is 0.822 bits per heavy atom. The Hall–Kier alpha value is -3.56. The molecule has 0 aliphatic carbocycles. The van der Waals surface area contributed by atoms with E-state index in [1.165, 1.54) is 35.2 Å². The van der Waals surface area contributed by atoms with Gasteiger partial charge >= 0.3 is 0 Å². The average Bonchev–Trinajstić information content (AvgIpc) is 2.98. The standard InChI is InChI=1S/C34H34Cl3N3O4S/c1-23(2)38-34(42)32(17-25-9-5-4-6-10-25)39(21-26-11-7-8-12-31(26)37)33(41)22-40(29-19-27(35)18-28(36)20-29)45(43,44)30-15-13-24(3)14-16-30/h4-16,18-20,23,32H,17,21-22H2,1-3H3,(H,38,42). The quantitative estimate of drug-likeness (QED) is 0.169. The monoisotopic (exact) mass is 685 g/mol. The van der Waals surface area contributed by atoms with E-state index < -0.39 is 28.5 Å². The fourth-order valence-electron chi connectivity index (χ4n) is 4.79. The number of halogens is 3. The van der Waals surface area contributed by atoms with Gasteiger partial charge in [-0.25, -0.2) is 8.42 Å². The molecule has 4 rings (SSSR count). The Morgan fingerprint density at radius 2 is 1.42 bits per heavy atom. The predicted octanol–water partition coefficient (Wildman–Crippen LogP) is 7.32. The van der Waals surface area contributed by atoms with Crippen LogP contribution < -0.4 is 9.62 Å². The third kappa shape index (κ3) is 9.01. The van der Waals surface area contributed by atoms with E-state index in [0.29, 0.717) is 10.6 Å². The first-order chi connectivity index (χ1) is 21.3. The molecule has 0 aliphatic heterocycles. The Bertz CT molecular complexity index is 1730. The third-order valence-electron chi connectivity index (χ3n) is 7.02. The number of hydrogen-bond donors (Lipinski definition) is 1. The van der Waals surface area contributed by atoms with Crippen LogP contribution in [0.4, 0.5) is 5.69 Å². The zero-order chi connectivity index (χ0) is 32.7. The van der Waals surface area contributed by atoms with E-state index in [9.17, 15) is 18.0 Å². The molecule has 0 saturated carbocycles. The molecule has 4 aromatic rings. The fraction of sp³-hybridized carbons (Fsp3) is 0.235. The molecule has 0 spiro atoms. The number of hydrogen-bond acceptors (Lipinski definition) is 4. The molecule has 45 heavy (non-hydrogen) atoms. The van der Waals surface area contributed by atoms with Gasteiger partial charge in [0.2, 0.25) is 11.8 Å². The zero-order valence-electron chi connectivity index (χ0n) is 25.1. The minimum atomic E-state index is -4.30. The predicted molar refractivity (Wildman–Crippen MR) is 181 cm³/mol. The van der Waals surface area contributed by atoms with Crippen molar-refractivity contribution in [1.82, 2.24) is 10.2 Å². The lowest BCUT2D eigenvalue weighted by Gasteiger charge is -2.34. The van der Waals surface area contributed by atoms with E-state index in [1.54, 1.807) is 36.4 Å². The Kier molecular flexibility index (Phi) is 11.6. The average molecular weight is 687 g/mol. The van der Waals surface area contributed by atoms with E-state index in [4.69, 9.17) is 34.8 Å². The number of anilines is 1. The Balaban J connectivity index is 1.84. The van der Waals surface area contributed by atoms with Gasteiger partial charge in [-0.15, -0.1) is 0 Å². The molecule has 1 N–H and O–H groups in total. The van der Waals surface area contributed by atoms with Gasteiger partial charge in [0, 0.05) is 34.1 Å². The van der Waals surface area contributed by atoms with E-state index in [-0.39, 0.29) is 45.5 Å². The summed E-state index contributed by atoms with van der Waals surface area (Å²) in [5.74, 6) is -1.01. The van der Waals surface area contributed by atoms with Crippen molar-refractivity contribution < 1.29 is 18.0 Å². The summed E-state index contributed by atoms with van der Waals surface area (Å²) in [5, 5.41) is 3.72. The number of nitrogens with zero attached hydrogens (tertiary/aromatic N) is 2. The van der Waals surface area contributed by atoms with Crippen molar-refractivity contribution >= 4 is 62.3 Å². The third-order valence-corrected chi connectivity index (χ3v) is 9.62. The highest BCUT2D eigenvalue weighted by Gasteiger charge is 2.35. The molecule has 236 valence electrons. The lowest BCUT2D eigenvalue weighted by molar-refractivity contribution is -0.140. The molecular formula is C34H34Cl3N3O4S. The van der Waals surface area contributed by atoms with Crippen LogP contribution in [0.2, 0.25) is 15.1 Å². The summed E-state index contributed by atoms with van der Waals surface area (Å²) in [6.45, 7) is 4.82. The molecule has 1 atom stereocenters. The van der Waals surface area contributed by atoms with Crippen LogP contribution >= 0.6 is 34.8 Å². The molecule has 0 saturated heterocycles. The minimum Gasteiger partial charge on any atom is -0.352 e. The molecule has 0 aliphatic rings. The topological polar surface area (TPSA) is 86.8 Å². The van der Waals surface area contributed by atoms with Crippen molar-refractivity contribution in [2.24, 2.45) is 0 Å². The number of nitrogens with one attached hydrogen (secondary N) is 1. The van der Waals surface area contributed by atoms with E-state index in [2.05, 4.69) is 5.32 Å². The number of carbonyl (C=O) groups is 2. The van der Waals surface area contributed by atoms with Gasteiger partial charge in [0.15, 0.2) is 0 Å². The van der Waals surface area contributed by atoms with Crippen LogP contribution in [-0.2, 0) is 32.6 Å². The molecule has 0 bridgehead atoms. The summed E-state index contributed by atoms with van der Waals surface area (Å²) < 4.78 is 29.3. The summed E-state index contributed by atoms with van der Waals surface area (Å²) in [5.41, 5.74) is 2.39. The summed E-state index contributed by atoms with van der Waals surface area (Å²) in [6.07, 6.45) is 0.184. The number of rotatable bonds is 12. The molecule has 2 amide bonds. The second kappa shape index (κ2) is 15.1. The molecule has 11 heteroatoms. The van der Waals surface area contributed by atoms with Gasteiger partial charge in [0.1, 0.15) is 12.6 Å². The number of benzene rings is 4. The molecule has 4 aromatic carbocycles. The largest absolute Gasteiger partial charge is 0.352 e. The van der Waals surface area contributed by atoms with Crippen molar-refractivity contribution in [1.29, 1.82) is 0 Å². The number of aryl methyl sites for hydroxylation is 1. The van der Waals surface area contributed by atoms with Gasteiger partial charge in [-0.3, -0.25) is 13.9 Å². The molecule has 7 nitrogen and oxygen atoms in total. The Labute approximate surface area is 279 Å². The first-order valence-corrected chi connectivity index (χ1v) is 16.8.